The molecule has 0 fully saturated rings. The fourth-order valence-corrected chi connectivity index (χ4v) is 2.21. The summed E-state index contributed by atoms with van der Waals surface area (Å²) in [6.07, 6.45) is -4.67. The average Bonchev–Trinajstić information content (AvgIpc) is 2.97. The van der Waals surface area contributed by atoms with Gasteiger partial charge < -0.3 is 15.1 Å². The summed E-state index contributed by atoms with van der Waals surface area (Å²) in [5.74, 6) is -0.415. The molecule has 0 aliphatic carbocycles. The van der Waals surface area contributed by atoms with Gasteiger partial charge in [-0.2, -0.15) is 13.2 Å². The molecule has 1 amide bonds. The molecule has 25 heavy (non-hydrogen) atoms. The van der Waals surface area contributed by atoms with Crippen molar-refractivity contribution in [3.05, 3.63) is 56.4 Å². The molecule has 0 saturated carbocycles. The summed E-state index contributed by atoms with van der Waals surface area (Å²) in [7, 11) is 0. The number of amides is 1. The number of benzene rings is 1. The Kier molecular flexibility index (Phi) is 5.67. The highest BCUT2D eigenvalue weighted by molar-refractivity contribution is 9.10. The first-order valence-electron chi connectivity index (χ1n) is 6.81. The van der Waals surface area contributed by atoms with E-state index in [-0.39, 0.29) is 24.5 Å². The Morgan fingerprint density at radius 2 is 1.96 bits per heavy atom. The number of alkyl halides is 3. The highest BCUT2D eigenvalue weighted by atomic mass is 79.9. The van der Waals surface area contributed by atoms with Crippen LogP contribution in [0.3, 0.4) is 0 Å². The van der Waals surface area contributed by atoms with E-state index in [0.717, 1.165) is 12.1 Å². The van der Waals surface area contributed by atoms with Crippen LogP contribution in [0.15, 0.2) is 39.4 Å². The fraction of sp³-hybridized carbons (Fsp3) is 0.214. The van der Waals surface area contributed by atoms with Crippen LogP contribution in [0.25, 0.3) is 0 Å². The Morgan fingerprint density at radius 1 is 1.24 bits per heavy atom. The number of nitro benzene ring substituents is 1. The van der Waals surface area contributed by atoms with Gasteiger partial charge in [-0.25, -0.2) is 0 Å². The first kappa shape index (κ1) is 18.8. The van der Waals surface area contributed by atoms with Gasteiger partial charge in [0.05, 0.1) is 10.5 Å². The Morgan fingerprint density at radius 3 is 2.52 bits per heavy atom. The number of nitrogens with one attached hydrogen (secondary N) is 2. The molecule has 2 N–H and O–H groups in total. The van der Waals surface area contributed by atoms with E-state index in [1.807, 2.05) is 0 Å². The molecule has 0 atom stereocenters. The molecule has 1 aromatic heterocycles. The zero-order chi connectivity index (χ0) is 18.6. The molecule has 1 aromatic carbocycles. The van der Waals surface area contributed by atoms with Crippen molar-refractivity contribution in [3.63, 3.8) is 0 Å². The van der Waals surface area contributed by atoms with Crippen LogP contribution in [-0.2, 0) is 6.18 Å². The second-order valence-corrected chi connectivity index (χ2v) is 5.55. The molecule has 1 heterocycles. The molecule has 0 aliphatic rings. The van der Waals surface area contributed by atoms with Crippen molar-refractivity contribution >= 4 is 33.2 Å². The topological polar surface area (TPSA) is 97.4 Å². The number of carbonyl (C=O) groups excluding carboxylic acids is 1. The molecular weight excluding hydrogens is 411 g/mol. The number of hydrogen-bond acceptors (Lipinski definition) is 5. The van der Waals surface area contributed by atoms with Crippen molar-refractivity contribution in [1.29, 1.82) is 0 Å². The van der Waals surface area contributed by atoms with E-state index >= 15 is 0 Å². The van der Waals surface area contributed by atoms with Crippen molar-refractivity contribution in [2.24, 2.45) is 0 Å². The first-order valence-corrected chi connectivity index (χ1v) is 7.61. The molecule has 134 valence electrons. The number of nitrogens with zero attached hydrogens (tertiary/aromatic N) is 1. The number of rotatable bonds is 6. The summed E-state index contributed by atoms with van der Waals surface area (Å²) in [5.41, 5.74) is -1.88. The normalized spacial score (nSPS) is 11.2. The highest BCUT2D eigenvalue weighted by Crippen LogP contribution is 2.34. The lowest BCUT2D eigenvalue weighted by Crippen LogP contribution is -2.28. The predicted octanol–water partition coefficient (Wildman–Crippen LogP) is 3.81. The molecule has 7 nitrogen and oxygen atoms in total. The van der Waals surface area contributed by atoms with Gasteiger partial charge in [0.15, 0.2) is 10.4 Å². The Labute approximate surface area is 147 Å². The first-order chi connectivity index (χ1) is 11.7. The largest absolute Gasteiger partial charge is 0.444 e. The lowest BCUT2D eigenvalue weighted by molar-refractivity contribution is -0.384. The third kappa shape index (κ3) is 4.95. The minimum absolute atomic E-state index is 0.0693. The molecule has 11 heteroatoms. The van der Waals surface area contributed by atoms with Gasteiger partial charge in [0.1, 0.15) is 5.69 Å². The molecule has 0 unspecified atom stereocenters. The molecule has 0 saturated heterocycles. The summed E-state index contributed by atoms with van der Waals surface area (Å²) in [4.78, 5) is 21.7. The van der Waals surface area contributed by atoms with Crippen LogP contribution in [0.1, 0.15) is 16.1 Å². The van der Waals surface area contributed by atoms with Gasteiger partial charge in [-0.15, -0.1) is 0 Å². The minimum Gasteiger partial charge on any atom is -0.444 e. The van der Waals surface area contributed by atoms with Crippen molar-refractivity contribution < 1.29 is 27.3 Å². The molecule has 0 aliphatic heterocycles. The lowest BCUT2D eigenvalue weighted by atomic mass is 10.1. The van der Waals surface area contributed by atoms with E-state index in [1.54, 1.807) is 6.07 Å². The van der Waals surface area contributed by atoms with Crippen LogP contribution in [0.4, 0.5) is 24.5 Å². The van der Waals surface area contributed by atoms with E-state index in [9.17, 15) is 28.1 Å². The molecule has 0 bridgehead atoms. The van der Waals surface area contributed by atoms with Crippen molar-refractivity contribution in [2.75, 3.05) is 18.4 Å². The van der Waals surface area contributed by atoms with Gasteiger partial charge in [0.25, 0.3) is 11.6 Å². The van der Waals surface area contributed by atoms with Crippen molar-refractivity contribution in [1.82, 2.24) is 5.32 Å². The molecule has 0 spiro atoms. The maximum absolute atomic E-state index is 12.6. The monoisotopic (exact) mass is 421 g/mol. The van der Waals surface area contributed by atoms with E-state index in [4.69, 9.17) is 4.42 Å². The fourth-order valence-electron chi connectivity index (χ4n) is 1.91. The van der Waals surface area contributed by atoms with Crippen LogP contribution in [0.5, 0.6) is 0 Å². The number of hydrogen-bond donors (Lipinski definition) is 2. The van der Waals surface area contributed by atoms with Crippen LogP contribution in [0, 0.1) is 10.1 Å². The van der Waals surface area contributed by atoms with E-state index in [2.05, 4.69) is 26.6 Å². The number of furan rings is 1. The summed E-state index contributed by atoms with van der Waals surface area (Å²) in [6, 6.07) is 5.17. The predicted molar refractivity (Wildman–Crippen MR) is 85.3 cm³/mol. The molecule has 0 radical (unpaired) electrons. The molecule has 2 aromatic rings. The second kappa shape index (κ2) is 7.55. The van der Waals surface area contributed by atoms with E-state index in [1.165, 1.54) is 6.07 Å². The summed E-state index contributed by atoms with van der Waals surface area (Å²) in [5, 5.41) is 16.1. The van der Waals surface area contributed by atoms with Gasteiger partial charge in [0.2, 0.25) is 0 Å². The van der Waals surface area contributed by atoms with Crippen molar-refractivity contribution in [2.45, 2.75) is 6.18 Å². The second-order valence-electron chi connectivity index (χ2n) is 4.77. The number of halogens is 4. The smallest absolute Gasteiger partial charge is 0.416 e. The van der Waals surface area contributed by atoms with Gasteiger partial charge in [-0.05, 0) is 40.2 Å². The van der Waals surface area contributed by atoms with Gasteiger partial charge in [0, 0.05) is 19.2 Å². The lowest BCUT2D eigenvalue weighted by Gasteiger charge is -2.10. The number of carbonyl (C=O) groups is 1. The van der Waals surface area contributed by atoms with Crippen LogP contribution < -0.4 is 10.6 Å². The Bertz CT molecular complexity index is 792. The molecular formula is C14H11BrF3N3O4. The van der Waals surface area contributed by atoms with Gasteiger partial charge in [-0.1, -0.05) is 0 Å². The van der Waals surface area contributed by atoms with Crippen LogP contribution in [-0.4, -0.2) is 23.9 Å². The zero-order valence-electron chi connectivity index (χ0n) is 12.4. The number of anilines is 1. The third-order valence-electron chi connectivity index (χ3n) is 3.04. The Balaban J connectivity index is 1.96. The Hall–Kier alpha value is -2.56. The minimum atomic E-state index is -4.67. The third-order valence-corrected chi connectivity index (χ3v) is 3.47. The number of nitro groups is 1. The maximum Gasteiger partial charge on any atom is 0.416 e. The van der Waals surface area contributed by atoms with Crippen molar-refractivity contribution in [3.8, 4) is 0 Å². The van der Waals surface area contributed by atoms with Crippen LogP contribution in [0.2, 0.25) is 0 Å². The van der Waals surface area contributed by atoms with E-state index < -0.39 is 28.3 Å². The van der Waals surface area contributed by atoms with E-state index in [0.29, 0.717) is 10.7 Å². The van der Waals surface area contributed by atoms with Crippen LogP contribution >= 0.6 is 15.9 Å². The zero-order valence-corrected chi connectivity index (χ0v) is 14.0. The SMILES string of the molecule is O=C(NCCNc1ccc(C(F)(F)F)cc1[N+](=O)[O-])c1ccc(Br)o1. The maximum atomic E-state index is 12.6. The van der Waals surface area contributed by atoms with Gasteiger partial charge in [-0.3, -0.25) is 14.9 Å². The summed E-state index contributed by atoms with van der Waals surface area (Å²) in [6.45, 7) is 0.148. The summed E-state index contributed by atoms with van der Waals surface area (Å²) >= 11 is 3.05. The average molecular weight is 422 g/mol. The van der Waals surface area contributed by atoms with Gasteiger partial charge >= 0.3 is 6.18 Å². The summed E-state index contributed by atoms with van der Waals surface area (Å²) < 4.78 is 43.3. The quantitative estimate of drug-likeness (QED) is 0.419. The standard InChI is InChI=1S/C14H11BrF3N3O4/c15-12-4-3-11(25-12)13(22)20-6-5-19-9-2-1-8(14(16,17)18)7-10(9)21(23)24/h1-4,7,19H,5-6H2,(H,20,22). The highest BCUT2D eigenvalue weighted by Gasteiger charge is 2.32. The molecule has 2 rings (SSSR count).